The van der Waals surface area contributed by atoms with E-state index in [0.29, 0.717) is 44.2 Å². The van der Waals surface area contributed by atoms with Crippen molar-refractivity contribution in [3.63, 3.8) is 0 Å². The highest BCUT2D eigenvalue weighted by Gasteiger charge is 2.34. The predicted molar refractivity (Wildman–Crippen MR) is 105 cm³/mol. The Morgan fingerprint density at radius 2 is 1.89 bits per heavy atom. The van der Waals surface area contributed by atoms with Crippen LogP contribution < -0.4 is 14.8 Å². The van der Waals surface area contributed by atoms with Gasteiger partial charge in [0.25, 0.3) is 0 Å². The van der Waals surface area contributed by atoms with E-state index in [1.165, 1.54) is 0 Å². The van der Waals surface area contributed by atoms with Crippen LogP contribution >= 0.6 is 0 Å². The first-order chi connectivity index (χ1) is 13.5. The number of carbonyl (C=O) groups is 2. The van der Waals surface area contributed by atoms with Crippen molar-refractivity contribution in [2.75, 3.05) is 60.5 Å². The molecule has 1 N–H and O–H groups in total. The molecule has 0 aromatic heterocycles. The first-order valence-electron chi connectivity index (χ1n) is 9.71. The summed E-state index contributed by atoms with van der Waals surface area (Å²) in [6, 6.07) is 5.25. The number of nitrogens with zero attached hydrogens (tertiary/aromatic N) is 3. The number of benzene rings is 1. The number of hydrogen-bond donors (Lipinski definition) is 1. The van der Waals surface area contributed by atoms with Gasteiger partial charge in [0.2, 0.25) is 11.8 Å². The number of para-hydroxylation sites is 1. The molecular formula is C20H30N4O4. The van der Waals surface area contributed by atoms with Gasteiger partial charge in [0.05, 0.1) is 26.7 Å². The lowest BCUT2D eigenvalue weighted by atomic mass is 10.0. The Bertz CT molecular complexity index is 703. The average Bonchev–Trinajstić information content (AvgIpc) is 2.70. The van der Waals surface area contributed by atoms with Gasteiger partial charge in [-0.2, -0.15) is 0 Å². The van der Waals surface area contributed by atoms with Crippen LogP contribution in [0.1, 0.15) is 12.0 Å². The number of rotatable bonds is 6. The number of hydrogen-bond acceptors (Lipinski definition) is 6. The van der Waals surface area contributed by atoms with E-state index in [-0.39, 0.29) is 18.2 Å². The fourth-order valence-electron chi connectivity index (χ4n) is 3.82. The summed E-state index contributed by atoms with van der Waals surface area (Å²) >= 11 is 0. The van der Waals surface area contributed by atoms with Gasteiger partial charge in [0, 0.05) is 51.4 Å². The van der Waals surface area contributed by atoms with Crippen molar-refractivity contribution in [2.45, 2.75) is 19.0 Å². The molecule has 1 atom stereocenters. The number of piperazine rings is 2. The Morgan fingerprint density at radius 3 is 2.57 bits per heavy atom. The Hall–Kier alpha value is -2.32. The SMILES string of the molecule is COc1cccc(CN2CCNC(=O)[C@@H]2CC(=O)N2CCN(C)CC2)c1OC. The molecule has 8 heteroatoms. The minimum atomic E-state index is -0.475. The molecule has 0 unspecified atom stereocenters. The molecule has 0 spiro atoms. The topological polar surface area (TPSA) is 74.4 Å². The van der Waals surface area contributed by atoms with E-state index in [1.807, 2.05) is 23.1 Å². The summed E-state index contributed by atoms with van der Waals surface area (Å²) in [7, 11) is 5.27. The lowest BCUT2D eigenvalue weighted by Crippen LogP contribution is -2.57. The van der Waals surface area contributed by atoms with Crippen LogP contribution in [0.25, 0.3) is 0 Å². The lowest BCUT2D eigenvalue weighted by Gasteiger charge is -2.37. The highest BCUT2D eigenvalue weighted by Crippen LogP contribution is 2.32. The van der Waals surface area contributed by atoms with Crippen LogP contribution in [-0.2, 0) is 16.1 Å². The first kappa shape index (κ1) is 20.4. The maximum absolute atomic E-state index is 12.8. The van der Waals surface area contributed by atoms with Gasteiger partial charge in [-0.15, -0.1) is 0 Å². The van der Waals surface area contributed by atoms with Crippen LogP contribution in [-0.4, -0.2) is 93.1 Å². The molecule has 3 rings (SSSR count). The number of amides is 2. The highest BCUT2D eigenvalue weighted by molar-refractivity contribution is 5.89. The average molecular weight is 390 g/mol. The fraction of sp³-hybridized carbons (Fsp3) is 0.600. The molecule has 2 fully saturated rings. The van der Waals surface area contributed by atoms with Gasteiger partial charge in [-0.3, -0.25) is 14.5 Å². The molecule has 0 aliphatic carbocycles. The molecule has 2 amide bonds. The third-order valence-electron chi connectivity index (χ3n) is 5.52. The van der Waals surface area contributed by atoms with Crippen molar-refractivity contribution >= 4 is 11.8 Å². The van der Waals surface area contributed by atoms with Gasteiger partial charge in [-0.1, -0.05) is 12.1 Å². The molecule has 0 saturated carbocycles. The van der Waals surface area contributed by atoms with E-state index in [9.17, 15) is 9.59 Å². The molecular weight excluding hydrogens is 360 g/mol. The van der Waals surface area contributed by atoms with Crippen LogP contribution in [0.4, 0.5) is 0 Å². The largest absolute Gasteiger partial charge is 0.493 e. The summed E-state index contributed by atoms with van der Waals surface area (Å²) in [4.78, 5) is 31.5. The second kappa shape index (κ2) is 9.25. The van der Waals surface area contributed by atoms with Crippen LogP contribution in [0.3, 0.4) is 0 Å². The van der Waals surface area contributed by atoms with E-state index in [1.54, 1.807) is 14.2 Å². The minimum absolute atomic E-state index is 0.0396. The second-order valence-electron chi connectivity index (χ2n) is 7.32. The Balaban J connectivity index is 1.72. The predicted octanol–water partition coefficient (Wildman–Crippen LogP) is 0.168. The molecule has 2 saturated heterocycles. The number of carbonyl (C=O) groups excluding carboxylic acids is 2. The standard InChI is InChI=1S/C20H30N4O4/c1-22-9-11-23(12-10-22)18(25)13-16-20(26)21-7-8-24(16)14-15-5-4-6-17(27-2)19(15)28-3/h4-6,16H,7-14H2,1-3H3,(H,21,26)/t16-/m0/s1. The summed E-state index contributed by atoms with van der Waals surface area (Å²) in [5, 5.41) is 2.90. The van der Waals surface area contributed by atoms with Crippen LogP contribution in [0.2, 0.25) is 0 Å². The third-order valence-corrected chi connectivity index (χ3v) is 5.52. The van der Waals surface area contributed by atoms with Crippen molar-refractivity contribution < 1.29 is 19.1 Å². The van der Waals surface area contributed by atoms with Gasteiger partial charge < -0.3 is 24.6 Å². The minimum Gasteiger partial charge on any atom is -0.493 e. The number of likely N-dealkylation sites (N-methyl/N-ethyl adjacent to an activating group) is 1. The first-order valence-corrected chi connectivity index (χ1v) is 9.71. The van der Waals surface area contributed by atoms with Gasteiger partial charge in [-0.25, -0.2) is 0 Å². The van der Waals surface area contributed by atoms with Gasteiger partial charge in [0.15, 0.2) is 11.5 Å². The smallest absolute Gasteiger partial charge is 0.237 e. The summed E-state index contributed by atoms with van der Waals surface area (Å²) < 4.78 is 10.9. The Morgan fingerprint density at radius 1 is 1.14 bits per heavy atom. The molecule has 0 radical (unpaired) electrons. The highest BCUT2D eigenvalue weighted by atomic mass is 16.5. The van der Waals surface area contributed by atoms with E-state index >= 15 is 0 Å². The van der Waals surface area contributed by atoms with E-state index in [2.05, 4.69) is 22.2 Å². The Labute approximate surface area is 166 Å². The lowest BCUT2D eigenvalue weighted by molar-refractivity contribution is -0.140. The summed E-state index contributed by atoms with van der Waals surface area (Å²) in [6.07, 6.45) is 0.196. The molecule has 154 valence electrons. The summed E-state index contributed by atoms with van der Waals surface area (Å²) in [6.45, 7) is 4.95. The molecule has 2 aliphatic heterocycles. The number of methoxy groups -OCH3 is 2. The summed E-state index contributed by atoms with van der Waals surface area (Å²) in [5.74, 6) is 1.28. The van der Waals surface area contributed by atoms with Crippen molar-refractivity contribution in [1.82, 2.24) is 20.0 Å². The maximum atomic E-state index is 12.8. The fourth-order valence-corrected chi connectivity index (χ4v) is 3.82. The number of ether oxygens (including phenoxy) is 2. The zero-order valence-corrected chi connectivity index (χ0v) is 16.9. The molecule has 8 nitrogen and oxygen atoms in total. The van der Waals surface area contributed by atoms with E-state index in [0.717, 1.165) is 18.7 Å². The van der Waals surface area contributed by atoms with E-state index in [4.69, 9.17) is 9.47 Å². The van der Waals surface area contributed by atoms with Crippen LogP contribution in [0, 0.1) is 0 Å². The van der Waals surface area contributed by atoms with Gasteiger partial charge >= 0.3 is 0 Å². The summed E-state index contributed by atoms with van der Waals surface area (Å²) in [5.41, 5.74) is 0.939. The van der Waals surface area contributed by atoms with E-state index < -0.39 is 6.04 Å². The molecule has 28 heavy (non-hydrogen) atoms. The zero-order chi connectivity index (χ0) is 20.1. The monoisotopic (exact) mass is 390 g/mol. The quantitative estimate of drug-likeness (QED) is 0.746. The van der Waals surface area contributed by atoms with Gasteiger partial charge in [0.1, 0.15) is 0 Å². The second-order valence-corrected chi connectivity index (χ2v) is 7.32. The maximum Gasteiger partial charge on any atom is 0.237 e. The molecule has 1 aromatic carbocycles. The van der Waals surface area contributed by atoms with Crippen molar-refractivity contribution in [3.8, 4) is 11.5 Å². The third kappa shape index (κ3) is 4.56. The molecule has 2 aliphatic rings. The zero-order valence-electron chi connectivity index (χ0n) is 16.9. The molecule has 2 heterocycles. The van der Waals surface area contributed by atoms with Crippen molar-refractivity contribution in [3.05, 3.63) is 23.8 Å². The normalized spacial score (nSPS) is 21.3. The van der Waals surface area contributed by atoms with Crippen molar-refractivity contribution in [1.29, 1.82) is 0 Å². The molecule has 0 bridgehead atoms. The van der Waals surface area contributed by atoms with Gasteiger partial charge in [-0.05, 0) is 13.1 Å². The van der Waals surface area contributed by atoms with Crippen molar-refractivity contribution in [2.24, 2.45) is 0 Å². The number of nitrogens with one attached hydrogen (secondary N) is 1. The van der Waals surface area contributed by atoms with Crippen LogP contribution in [0.15, 0.2) is 18.2 Å². The Kier molecular flexibility index (Phi) is 6.74. The van der Waals surface area contributed by atoms with Crippen LogP contribution in [0.5, 0.6) is 11.5 Å². The molecule has 1 aromatic rings.